The van der Waals surface area contributed by atoms with Crippen LogP contribution < -0.4 is 23.7 Å². The van der Waals surface area contributed by atoms with E-state index in [1.54, 1.807) is 19.2 Å². The molecule has 3 aromatic carbocycles. The van der Waals surface area contributed by atoms with Crippen LogP contribution in [0.5, 0.6) is 28.7 Å². The van der Waals surface area contributed by atoms with Crippen LogP contribution in [0, 0.1) is 10.5 Å². The number of ketones is 1. The first-order chi connectivity index (χ1) is 21.1. The molecule has 2 heterocycles. The summed E-state index contributed by atoms with van der Waals surface area (Å²) in [5, 5.41) is 0. The number of ether oxygens (including phenoxy) is 6. The highest BCUT2D eigenvalue weighted by Crippen LogP contribution is 2.57. The Bertz CT molecular complexity index is 1870. The molecule has 11 heteroatoms. The Morgan fingerprint density at radius 3 is 2.09 bits per heavy atom. The van der Waals surface area contributed by atoms with Gasteiger partial charge in [0.15, 0.2) is 5.75 Å². The number of methoxy groups -OCH3 is 1. The van der Waals surface area contributed by atoms with Gasteiger partial charge in [0, 0.05) is 56.7 Å². The van der Waals surface area contributed by atoms with Crippen LogP contribution in [-0.2, 0) is 31.0 Å². The normalized spacial score (nSPS) is 20.0. The number of hydrogen-bond donors (Lipinski definition) is 0. The summed E-state index contributed by atoms with van der Waals surface area (Å²) in [5.41, 5.74) is 3.35. The van der Waals surface area contributed by atoms with Crippen molar-refractivity contribution in [1.82, 2.24) is 0 Å². The van der Waals surface area contributed by atoms with Gasteiger partial charge in [-0.2, -0.15) is 0 Å². The molecule has 0 saturated heterocycles. The maximum atomic E-state index is 14.7. The van der Waals surface area contributed by atoms with Crippen LogP contribution in [0.1, 0.15) is 96.9 Å². The average Bonchev–Trinajstić information content (AvgIpc) is 2.91. The van der Waals surface area contributed by atoms with Gasteiger partial charge in [-0.15, -0.1) is 0 Å². The quantitative estimate of drug-likeness (QED) is 0.179. The number of carbonyl (C=O) groups is 4. The fraction of sp³-hybridized carbons (Fsp3) is 0.353. The van der Waals surface area contributed by atoms with Crippen molar-refractivity contribution in [2.24, 2.45) is 0 Å². The second kappa shape index (κ2) is 10.5. The van der Waals surface area contributed by atoms with Gasteiger partial charge in [-0.05, 0) is 63.9 Å². The molecule has 45 heavy (non-hydrogen) atoms. The lowest BCUT2D eigenvalue weighted by Crippen LogP contribution is -2.47. The third-order valence-electron chi connectivity index (χ3n) is 8.43. The van der Waals surface area contributed by atoms with Crippen LogP contribution in [-0.4, -0.2) is 36.6 Å². The van der Waals surface area contributed by atoms with Crippen molar-refractivity contribution < 1.29 is 47.6 Å². The molecule has 0 amide bonds. The molecular weight excluding hydrogens is 695 g/mol. The Morgan fingerprint density at radius 1 is 0.867 bits per heavy atom. The molecule has 0 fully saturated rings. The van der Waals surface area contributed by atoms with Gasteiger partial charge in [0.2, 0.25) is 11.6 Å². The zero-order chi connectivity index (χ0) is 32.7. The van der Waals surface area contributed by atoms with Crippen LogP contribution >= 0.6 is 22.6 Å². The molecule has 2 unspecified atom stereocenters. The minimum Gasteiger partial charge on any atom is -0.497 e. The fourth-order valence-corrected chi connectivity index (χ4v) is 7.31. The molecule has 234 valence electrons. The second-order valence-electron chi connectivity index (χ2n) is 12.1. The SMILES string of the molecule is COc1cc(C)c2c(c1)OC1(C)Cc3cc4c(c(OC(C)=O)c3C2O1)C(=O)c1c(cc(OC(C)=O)c(I)c1OC(C)=O)C4(C)C. The number of rotatable bonds is 4. The first-order valence-corrected chi connectivity index (χ1v) is 15.4. The van der Waals surface area contributed by atoms with Gasteiger partial charge >= 0.3 is 17.9 Å². The summed E-state index contributed by atoms with van der Waals surface area (Å²) in [7, 11) is 1.58. The number of benzene rings is 3. The zero-order valence-electron chi connectivity index (χ0n) is 26.1. The monoisotopic (exact) mass is 726 g/mol. The van der Waals surface area contributed by atoms with Crippen molar-refractivity contribution in [3.8, 4) is 28.7 Å². The van der Waals surface area contributed by atoms with Crippen molar-refractivity contribution in [1.29, 1.82) is 0 Å². The molecular formula is C34H31IO10. The van der Waals surface area contributed by atoms with Crippen LogP contribution in [0.25, 0.3) is 0 Å². The Morgan fingerprint density at radius 2 is 1.47 bits per heavy atom. The van der Waals surface area contributed by atoms with Gasteiger partial charge in [-0.1, -0.05) is 19.9 Å². The molecule has 3 aromatic rings. The number of fused-ring (bicyclic) bond motifs is 8. The number of halogens is 1. The largest absolute Gasteiger partial charge is 0.497 e. The van der Waals surface area contributed by atoms with Crippen molar-refractivity contribution in [3.63, 3.8) is 0 Å². The van der Waals surface area contributed by atoms with E-state index in [1.807, 2.05) is 62.4 Å². The van der Waals surface area contributed by atoms with E-state index < -0.39 is 41.0 Å². The minimum atomic E-state index is -1.06. The van der Waals surface area contributed by atoms with E-state index in [-0.39, 0.29) is 38.4 Å². The molecule has 0 spiro atoms. The van der Waals surface area contributed by atoms with Gasteiger partial charge in [-0.25, -0.2) is 0 Å². The molecule has 2 aliphatic heterocycles. The number of carbonyl (C=O) groups excluding carboxylic acids is 4. The van der Waals surface area contributed by atoms with Crippen LogP contribution in [0.2, 0.25) is 0 Å². The molecule has 2 bridgehead atoms. The summed E-state index contributed by atoms with van der Waals surface area (Å²) in [6.45, 7) is 11.3. The molecule has 6 rings (SSSR count). The van der Waals surface area contributed by atoms with E-state index in [1.165, 1.54) is 20.8 Å². The van der Waals surface area contributed by atoms with E-state index in [0.29, 0.717) is 28.2 Å². The predicted octanol–water partition coefficient (Wildman–Crippen LogP) is 6.03. The zero-order valence-corrected chi connectivity index (χ0v) is 28.2. The first kappa shape index (κ1) is 31.0. The Hall–Kier alpha value is -3.97. The summed E-state index contributed by atoms with van der Waals surface area (Å²) in [6, 6.07) is 7.23. The molecule has 0 aromatic heterocycles. The van der Waals surface area contributed by atoms with Crippen molar-refractivity contribution >= 4 is 46.3 Å². The van der Waals surface area contributed by atoms with Gasteiger partial charge in [0.05, 0.1) is 21.8 Å². The van der Waals surface area contributed by atoms with Crippen LogP contribution in [0.3, 0.4) is 0 Å². The lowest BCUT2D eigenvalue weighted by molar-refractivity contribution is -0.216. The molecule has 0 radical (unpaired) electrons. The molecule has 1 aliphatic carbocycles. The fourth-order valence-electron chi connectivity index (χ4n) is 6.66. The second-order valence-corrected chi connectivity index (χ2v) is 13.2. The molecule has 2 atom stereocenters. The van der Waals surface area contributed by atoms with Crippen LogP contribution in [0.4, 0.5) is 0 Å². The van der Waals surface area contributed by atoms with E-state index >= 15 is 0 Å². The first-order valence-electron chi connectivity index (χ1n) is 14.3. The van der Waals surface area contributed by atoms with Crippen molar-refractivity contribution in [2.45, 2.75) is 72.2 Å². The summed E-state index contributed by atoms with van der Waals surface area (Å²) in [6.07, 6.45) is -0.443. The third kappa shape index (κ3) is 4.87. The van der Waals surface area contributed by atoms with Crippen molar-refractivity contribution in [2.75, 3.05) is 7.11 Å². The topological polar surface area (TPSA) is 124 Å². The van der Waals surface area contributed by atoms with Gasteiger partial charge in [-0.3, -0.25) is 19.2 Å². The Labute approximate surface area is 273 Å². The smallest absolute Gasteiger partial charge is 0.308 e. The predicted molar refractivity (Wildman–Crippen MR) is 168 cm³/mol. The highest BCUT2D eigenvalue weighted by atomic mass is 127. The highest BCUT2D eigenvalue weighted by molar-refractivity contribution is 14.1. The molecule has 10 nitrogen and oxygen atoms in total. The maximum absolute atomic E-state index is 14.7. The standard InChI is InChI=1S/C34H31IO10/c1-14-9-19(40-8)11-22-24(14)31-25-18(13-34(7,44-22)45-31)10-20-26(30(25)42-16(3)37)29(39)27-21(33(20,5)6)12-23(41-15(2)36)28(35)32(27)43-17(4)38/h9-12,31H,13H2,1-8H3. The molecule has 3 aliphatic rings. The lowest BCUT2D eigenvalue weighted by Gasteiger charge is -2.47. The average molecular weight is 727 g/mol. The van der Waals surface area contributed by atoms with E-state index in [4.69, 9.17) is 28.4 Å². The summed E-state index contributed by atoms with van der Waals surface area (Å²) in [5.74, 6) is -2.00. The summed E-state index contributed by atoms with van der Waals surface area (Å²) >= 11 is 1.89. The van der Waals surface area contributed by atoms with Crippen molar-refractivity contribution in [3.05, 3.63) is 72.3 Å². The Kier molecular flexibility index (Phi) is 7.27. The third-order valence-corrected chi connectivity index (χ3v) is 9.45. The minimum absolute atomic E-state index is 0.0322. The van der Waals surface area contributed by atoms with Crippen LogP contribution in [0.15, 0.2) is 24.3 Å². The van der Waals surface area contributed by atoms with Gasteiger partial charge < -0.3 is 28.4 Å². The van der Waals surface area contributed by atoms with E-state index in [0.717, 1.165) is 16.7 Å². The highest BCUT2D eigenvalue weighted by Gasteiger charge is 2.51. The lowest BCUT2D eigenvalue weighted by atomic mass is 9.66. The molecule has 0 N–H and O–H groups in total. The van der Waals surface area contributed by atoms with E-state index in [9.17, 15) is 19.2 Å². The maximum Gasteiger partial charge on any atom is 0.308 e. The number of aryl methyl sites for hydroxylation is 1. The summed E-state index contributed by atoms with van der Waals surface area (Å²) < 4.78 is 35.8. The van der Waals surface area contributed by atoms with Gasteiger partial charge in [0.1, 0.15) is 29.1 Å². The van der Waals surface area contributed by atoms with Gasteiger partial charge in [0.25, 0.3) is 0 Å². The number of hydrogen-bond acceptors (Lipinski definition) is 10. The number of esters is 3. The Balaban J connectivity index is 1.68. The molecule has 0 saturated carbocycles. The summed E-state index contributed by atoms with van der Waals surface area (Å²) in [4.78, 5) is 51.7. The van der Waals surface area contributed by atoms with E-state index in [2.05, 4.69) is 0 Å².